The molecule has 3 heterocycles. The zero-order valence-corrected chi connectivity index (χ0v) is 21.9. The highest BCUT2D eigenvalue weighted by Crippen LogP contribution is 2.45. The number of ether oxygens (including phenoxy) is 2. The van der Waals surface area contributed by atoms with Crippen molar-refractivity contribution in [2.24, 2.45) is 0 Å². The second-order valence-electron chi connectivity index (χ2n) is 8.67. The number of nitrogens with zero attached hydrogens (tertiary/aromatic N) is 3. The first kappa shape index (κ1) is 25.1. The van der Waals surface area contributed by atoms with Gasteiger partial charge in [-0.05, 0) is 29.8 Å². The molecule has 2 aliphatic heterocycles. The van der Waals surface area contributed by atoms with E-state index in [4.69, 9.17) is 9.47 Å². The molecule has 11 heteroatoms. The lowest BCUT2D eigenvalue weighted by Gasteiger charge is -2.23. The van der Waals surface area contributed by atoms with Gasteiger partial charge in [0.25, 0.3) is 5.78 Å². The van der Waals surface area contributed by atoms with Crippen molar-refractivity contribution in [3.63, 3.8) is 0 Å². The SMILES string of the molecule is O=C1C(=O)N(c2nnc(SCc3ccccc3)s2)[C@@H](c2ccccc2F)C1=C(O)c1ccc2c(c1)OCCO2. The number of Topliss-reactive ketones (excluding diaryl/α,β-unsaturated/α-hetero) is 1. The zero-order valence-electron chi connectivity index (χ0n) is 20.2. The van der Waals surface area contributed by atoms with E-state index in [0.717, 1.165) is 21.8 Å². The van der Waals surface area contributed by atoms with Gasteiger partial charge in [-0.3, -0.25) is 14.5 Å². The lowest BCUT2D eigenvalue weighted by atomic mass is 9.95. The van der Waals surface area contributed by atoms with Gasteiger partial charge in [0.1, 0.15) is 30.8 Å². The van der Waals surface area contributed by atoms with Crippen LogP contribution in [-0.2, 0) is 15.3 Å². The number of carbonyl (C=O) groups excluding carboxylic acids is 2. The Kier molecular flexibility index (Phi) is 6.76. The summed E-state index contributed by atoms with van der Waals surface area (Å²) in [6.45, 7) is 0.725. The summed E-state index contributed by atoms with van der Waals surface area (Å²) in [5.74, 6) is -1.45. The van der Waals surface area contributed by atoms with Gasteiger partial charge < -0.3 is 14.6 Å². The summed E-state index contributed by atoms with van der Waals surface area (Å²) in [5, 5.41) is 19.8. The Hall–Kier alpha value is -4.22. The molecule has 2 aliphatic rings. The van der Waals surface area contributed by atoms with Crippen molar-refractivity contribution in [2.75, 3.05) is 18.1 Å². The van der Waals surface area contributed by atoms with E-state index < -0.39 is 29.3 Å². The van der Waals surface area contributed by atoms with Crippen molar-refractivity contribution >= 4 is 45.7 Å². The molecule has 0 unspecified atom stereocenters. The summed E-state index contributed by atoms with van der Waals surface area (Å²) in [5.41, 5.74) is 1.11. The Bertz CT molecular complexity index is 1610. The van der Waals surface area contributed by atoms with Crippen LogP contribution in [0, 0.1) is 5.82 Å². The molecule has 196 valence electrons. The number of aliphatic hydroxyl groups excluding tert-OH is 1. The molecule has 1 amide bonds. The van der Waals surface area contributed by atoms with Crippen LogP contribution in [0.1, 0.15) is 22.7 Å². The number of thioether (sulfide) groups is 1. The molecule has 39 heavy (non-hydrogen) atoms. The van der Waals surface area contributed by atoms with Gasteiger partial charge in [0.2, 0.25) is 5.13 Å². The molecular weight excluding hydrogens is 541 g/mol. The summed E-state index contributed by atoms with van der Waals surface area (Å²) in [7, 11) is 0. The Morgan fingerprint density at radius 1 is 1.00 bits per heavy atom. The molecule has 8 nitrogen and oxygen atoms in total. The van der Waals surface area contributed by atoms with E-state index in [0.29, 0.717) is 34.8 Å². The van der Waals surface area contributed by atoms with E-state index in [1.54, 1.807) is 18.2 Å². The number of aromatic nitrogens is 2. The highest BCUT2D eigenvalue weighted by Gasteiger charge is 2.49. The lowest BCUT2D eigenvalue weighted by molar-refractivity contribution is -0.132. The van der Waals surface area contributed by atoms with Gasteiger partial charge in [-0.25, -0.2) is 4.39 Å². The lowest BCUT2D eigenvalue weighted by Crippen LogP contribution is -2.29. The number of anilines is 1. The third-order valence-electron chi connectivity index (χ3n) is 6.27. The molecular formula is C28H20FN3O5S2. The van der Waals surface area contributed by atoms with E-state index >= 15 is 4.39 Å². The number of hydrogen-bond donors (Lipinski definition) is 1. The Morgan fingerprint density at radius 2 is 1.74 bits per heavy atom. The van der Waals surface area contributed by atoms with Crippen LogP contribution in [-0.4, -0.2) is 40.2 Å². The van der Waals surface area contributed by atoms with Crippen molar-refractivity contribution < 1.29 is 28.6 Å². The van der Waals surface area contributed by atoms with Crippen LogP contribution >= 0.6 is 23.1 Å². The third-order valence-corrected chi connectivity index (χ3v) is 8.39. The number of hydrogen-bond acceptors (Lipinski definition) is 9. The van der Waals surface area contributed by atoms with E-state index in [1.807, 2.05) is 30.3 Å². The number of amides is 1. The summed E-state index contributed by atoms with van der Waals surface area (Å²) in [4.78, 5) is 27.8. The fourth-order valence-corrected chi connectivity index (χ4v) is 6.27. The maximum Gasteiger partial charge on any atom is 0.301 e. The highest BCUT2D eigenvalue weighted by atomic mass is 32.2. The van der Waals surface area contributed by atoms with Crippen LogP contribution in [0.2, 0.25) is 0 Å². The number of carbonyl (C=O) groups is 2. The van der Waals surface area contributed by atoms with Crippen LogP contribution in [0.15, 0.2) is 82.7 Å². The second-order valence-corrected chi connectivity index (χ2v) is 10.9. The van der Waals surface area contributed by atoms with Gasteiger partial charge in [0, 0.05) is 16.9 Å². The van der Waals surface area contributed by atoms with E-state index in [2.05, 4.69) is 10.2 Å². The van der Waals surface area contributed by atoms with Gasteiger partial charge in [-0.1, -0.05) is 71.6 Å². The summed E-state index contributed by atoms with van der Waals surface area (Å²) < 4.78 is 26.9. The molecule has 0 aliphatic carbocycles. The van der Waals surface area contributed by atoms with Crippen LogP contribution in [0.3, 0.4) is 0 Å². The maximum atomic E-state index is 15.1. The molecule has 0 saturated carbocycles. The fourth-order valence-electron chi connectivity index (χ4n) is 4.44. The predicted octanol–water partition coefficient (Wildman–Crippen LogP) is 5.37. The minimum absolute atomic E-state index is 0.0458. The van der Waals surface area contributed by atoms with Crippen molar-refractivity contribution in [1.29, 1.82) is 0 Å². The predicted molar refractivity (Wildman–Crippen MR) is 145 cm³/mol. The average Bonchev–Trinajstić information content (AvgIpc) is 3.54. The number of fused-ring (bicyclic) bond motifs is 1. The van der Waals surface area contributed by atoms with Gasteiger partial charge in [0.15, 0.2) is 15.8 Å². The topological polar surface area (TPSA) is 102 Å². The highest BCUT2D eigenvalue weighted by molar-refractivity contribution is 8.00. The van der Waals surface area contributed by atoms with Gasteiger partial charge >= 0.3 is 5.91 Å². The van der Waals surface area contributed by atoms with Crippen LogP contribution in [0.25, 0.3) is 5.76 Å². The molecule has 0 radical (unpaired) electrons. The minimum Gasteiger partial charge on any atom is -0.507 e. The standard InChI is InChI=1S/C28H20FN3O5S2/c29-19-9-5-4-8-18(19)23-22(24(33)17-10-11-20-21(14-17)37-13-12-36-20)25(34)26(35)32(23)27-30-31-28(39-27)38-15-16-6-2-1-3-7-16/h1-11,14,23,33H,12-13,15H2/t23-/m0/s1. The average molecular weight is 562 g/mol. The van der Waals surface area contributed by atoms with Crippen molar-refractivity contribution in [1.82, 2.24) is 10.2 Å². The smallest absolute Gasteiger partial charge is 0.301 e. The first-order valence-electron chi connectivity index (χ1n) is 12.0. The third kappa shape index (κ3) is 4.75. The molecule has 6 rings (SSSR count). The van der Waals surface area contributed by atoms with E-state index in [-0.39, 0.29) is 21.8 Å². The summed E-state index contributed by atoms with van der Waals surface area (Å²) in [6, 6.07) is 19.1. The van der Waals surface area contributed by atoms with Crippen LogP contribution in [0.5, 0.6) is 11.5 Å². The molecule has 4 aromatic rings. The molecule has 0 spiro atoms. The van der Waals surface area contributed by atoms with Gasteiger partial charge in [-0.2, -0.15) is 0 Å². The second kappa shape index (κ2) is 10.5. The molecule has 1 N–H and O–H groups in total. The van der Waals surface area contributed by atoms with Gasteiger partial charge in [0.05, 0.1) is 5.57 Å². The normalized spacial score (nSPS) is 18.0. The molecule has 1 saturated heterocycles. The Balaban J connectivity index is 1.41. The van der Waals surface area contributed by atoms with Crippen molar-refractivity contribution in [2.45, 2.75) is 16.1 Å². The number of benzene rings is 3. The summed E-state index contributed by atoms with van der Waals surface area (Å²) >= 11 is 2.55. The van der Waals surface area contributed by atoms with Crippen molar-refractivity contribution in [3.8, 4) is 11.5 Å². The Morgan fingerprint density at radius 3 is 2.54 bits per heavy atom. The molecule has 1 atom stereocenters. The molecule has 3 aromatic carbocycles. The minimum atomic E-state index is -1.25. The van der Waals surface area contributed by atoms with E-state index in [1.165, 1.54) is 36.0 Å². The molecule has 1 fully saturated rings. The molecule has 1 aromatic heterocycles. The Labute approximate surface area is 230 Å². The van der Waals surface area contributed by atoms with Crippen LogP contribution < -0.4 is 14.4 Å². The molecule has 0 bridgehead atoms. The fraction of sp³-hybridized carbons (Fsp3) is 0.143. The van der Waals surface area contributed by atoms with Crippen molar-refractivity contribution in [3.05, 3.63) is 101 Å². The number of ketones is 1. The number of halogens is 1. The van der Waals surface area contributed by atoms with E-state index in [9.17, 15) is 14.7 Å². The monoisotopic (exact) mass is 561 g/mol. The quantitative estimate of drug-likeness (QED) is 0.110. The number of aliphatic hydroxyl groups is 1. The zero-order chi connectivity index (χ0) is 26.9. The summed E-state index contributed by atoms with van der Waals surface area (Å²) in [6.07, 6.45) is 0. The first-order valence-corrected chi connectivity index (χ1v) is 13.8. The number of rotatable bonds is 6. The van der Waals surface area contributed by atoms with Crippen LogP contribution in [0.4, 0.5) is 9.52 Å². The van der Waals surface area contributed by atoms with Gasteiger partial charge in [-0.15, -0.1) is 10.2 Å². The largest absolute Gasteiger partial charge is 0.507 e. The maximum absolute atomic E-state index is 15.1. The first-order chi connectivity index (χ1) is 19.0.